The van der Waals surface area contributed by atoms with Gasteiger partial charge in [0, 0.05) is 5.56 Å². The average molecular weight is 448 g/mol. The third-order valence-corrected chi connectivity index (χ3v) is 7.94. The van der Waals surface area contributed by atoms with Crippen molar-refractivity contribution < 1.29 is 19.1 Å². The van der Waals surface area contributed by atoms with Crippen LogP contribution in [0.4, 0.5) is 5.69 Å². The first-order valence-corrected chi connectivity index (χ1v) is 11.4. The van der Waals surface area contributed by atoms with Crippen molar-refractivity contribution in [2.75, 3.05) is 11.5 Å². The van der Waals surface area contributed by atoms with Crippen molar-refractivity contribution in [3.05, 3.63) is 70.8 Å². The van der Waals surface area contributed by atoms with Gasteiger partial charge in [-0.1, -0.05) is 35.9 Å². The van der Waals surface area contributed by atoms with Crippen LogP contribution in [0.25, 0.3) is 0 Å². The highest BCUT2D eigenvalue weighted by Gasteiger charge is 2.67. The number of imide groups is 1. The predicted molar refractivity (Wildman–Crippen MR) is 120 cm³/mol. The van der Waals surface area contributed by atoms with Crippen LogP contribution in [0.5, 0.6) is 5.75 Å². The molecule has 3 fully saturated rings. The number of amides is 2. The van der Waals surface area contributed by atoms with E-state index < -0.39 is 0 Å². The summed E-state index contributed by atoms with van der Waals surface area (Å²) < 4.78 is 5.66. The minimum atomic E-state index is -0.214. The highest BCUT2D eigenvalue weighted by atomic mass is 35.5. The molecule has 6 unspecified atom stereocenters. The number of nitrogens with zero attached hydrogens (tertiary/aromatic N) is 1. The lowest BCUT2D eigenvalue weighted by atomic mass is 9.63. The molecule has 2 bridgehead atoms. The molecule has 162 valence electrons. The molecule has 0 radical (unpaired) electrons. The SMILES string of the molecule is Cc1cccc(Cl)c1C(=O)COc1ccc(N2C(=O)C3C4C=CC(C5CC45)C3C2=O)cc1. The van der Waals surface area contributed by atoms with Crippen molar-refractivity contribution in [1.29, 1.82) is 0 Å². The number of allylic oxidation sites excluding steroid dienone is 2. The lowest BCUT2D eigenvalue weighted by Crippen LogP contribution is -2.40. The third-order valence-electron chi connectivity index (χ3n) is 7.63. The number of hydrogen-bond donors (Lipinski definition) is 0. The molecule has 0 N–H and O–H groups in total. The maximum absolute atomic E-state index is 13.2. The van der Waals surface area contributed by atoms with E-state index >= 15 is 0 Å². The number of rotatable bonds is 5. The summed E-state index contributed by atoms with van der Waals surface area (Å²) in [7, 11) is 0. The van der Waals surface area contributed by atoms with Gasteiger partial charge in [-0.2, -0.15) is 0 Å². The lowest BCUT2D eigenvalue weighted by molar-refractivity contribution is -0.124. The molecule has 2 aromatic rings. The number of Topliss-reactive ketones (excluding diaryl/α,β-unsaturated/α-hetero) is 1. The van der Waals surface area contributed by atoms with Crippen LogP contribution in [0.1, 0.15) is 22.3 Å². The normalized spacial score (nSPS) is 31.5. The highest BCUT2D eigenvalue weighted by molar-refractivity contribution is 6.34. The molecule has 1 heterocycles. The van der Waals surface area contributed by atoms with Gasteiger partial charge < -0.3 is 4.74 Å². The second-order valence-electron chi connectivity index (χ2n) is 9.30. The summed E-state index contributed by atoms with van der Waals surface area (Å²) in [5, 5.41) is 0.405. The van der Waals surface area contributed by atoms with Gasteiger partial charge in [-0.3, -0.25) is 19.3 Å². The Morgan fingerprint density at radius 3 is 2.22 bits per heavy atom. The molecular formula is C26H22ClNO4. The zero-order valence-electron chi connectivity index (χ0n) is 17.5. The standard InChI is InChI=1S/C26H22ClNO4/c1-13-3-2-4-20(27)22(13)21(29)12-32-15-7-5-14(6-8-15)28-25(30)23-16-9-10-17(19-11-18(16)19)24(23)26(28)31/h2-10,16-19,23-24H,11-12H2,1H3. The van der Waals surface area contributed by atoms with Crippen LogP contribution >= 0.6 is 11.6 Å². The Hall–Kier alpha value is -2.92. The molecule has 1 aliphatic heterocycles. The van der Waals surface area contributed by atoms with E-state index in [4.69, 9.17) is 16.3 Å². The molecule has 7 rings (SSSR count). The number of halogens is 1. The zero-order valence-corrected chi connectivity index (χ0v) is 18.3. The summed E-state index contributed by atoms with van der Waals surface area (Å²) in [6.45, 7) is 1.69. The fourth-order valence-corrected chi connectivity index (χ4v) is 6.44. The second kappa shape index (κ2) is 7.04. The first-order valence-electron chi connectivity index (χ1n) is 11.0. The molecular weight excluding hydrogens is 426 g/mol. The molecule has 2 amide bonds. The van der Waals surface area contributed by atoms with Crippen LogP contribution in [0.3, 0.4) is 0 Å². The number of hydrogen-bond acceptors (Lipinski definition) is 4. The predicted octanol–water partition coefficient (Wildman–Crippen LogP) is 4.47. The first kappa shape index (κ1) is 19.7. The molecule has 0 aromatic heterocycles. The van der Waals surface area contributed by atoms with E-state index in [0.717, 1.165) is 12.0 Å². The van der Waals surface area contributed by atoms with Gasteiger partial charge >= 0.3 is 0 Å². The summed E-state index contributed by atoms with van der Waals surface area (Å²) in [6.07, 6.45) is 5.49. The summed E-state index contributed by atoms with van der Waals surface area (Å²) in [6, 6.07) is 12.1. The maximum Gasteiger partial charge on any atom is 0.238 e. The molecule has 5 aliphatic rings. The van der Waals surface area contributed by atoms with Crippen molar-refractivity contribution in [1.82, 2.24) is 0 Å². The number of aryl methyl sites for hydroxylation is 1. The van der Waals surface area contributed by atoms with Crippen LogP contribution in [0.2, 0.25) is 5.02 Å². The molecule has 2 aromatic carbocycles. The van der Waals surface area contributed by atoms with Crippen LogP contribution in [-0.4, -0.2) is 24.2 Å². The number of anilines is 1. The summed E-state index contributed by atoms with van der Waals surface area (Å²) in [5.74, 6) is 1.28. The van der Waals surface area contributed by atoms with E-state index in [-0.39, 0.29) is 47.9 Å². The van der Waals surface area contributed by atoms with Gasteiger partial charge in [0.05, 0.1) is 22.5 Å². The Labute approximate surface area is 191 Å². The molecule has 4 aliphatic carbocycles. The summed E-state index contributed by atoms with van der Waals surface area (Å²) in [4.78, 5) is 40.3. The van der Waals surface area contributed by atoms with Crippen LogP contribution < -0.4 is 9.64 Å². The van der Waals surface area contributed by atoms with Gasteiger partial charge in [0.1, 0.15) is 5.75 Å². The van der Waals surface area contributed by atoms with Crippen molar-refractivity contribution in [2.24, 2.45) is 35.5 Å². The Morgan fingerprint density at radius 2 is 1.62 bits per heavy atom. The smallest absolute Gasteiger partial charge is 0.238 e. The number of carbonyl (C=O) groups excluding carboxylic acids is 3. The van der Waals surface area contributed by atoms with Crippen molar-refractivity contribution in [3.8, 4) is 5.75 Å². The Kier molecular flexibility index (Phi) is 4.34. The third kappa shape index (κ3) is 2.80. The molecule has 1 saturated heterocycles. The van der Waals surface area contributed by atoms with E-state index in [2.05, 4.69) is 12.2 Å². The minimum absolute atomic E-state index is 0.0808. The Bertz CT molecular complexity index is 1130. The highest BCUT2D eigenvalue weighted by Crippen LogP contribution is 2.65. The van der Waals surface area contributed by atoms with Gasteiger partial charge in [-0.25, -0.2) is 0 Å². The fraction of sp³-hybridized carbons (Fsp3) is 0.346. The van der Waals surface area contributed by atoms with Crippen molar-refractivity contribution in [2.45, 2.75) is 13.3 Å². The van der Waals surface area contributed by atoms with Crippen LogP contribution in [-0.2, 0) is 9.59 Å². The fourth-order valence-electron chi connectivity index (χ4n) is 6.11. The van der Waals surface area contributed by atoms with E-state index in [9.17, 15) is 14.4 Å². The molecule has 0 spiro atoms. The average Bonchev–Trinajstić information content (AvgIpc) is 3.56. The molecule has 6 atom stereocenters. The summed E-state index contributed by atoms with van der Waals surface area (Å²) >= 11 is 6.17. The minimum Gasteiger partial charge on any atom is -0.485 e. The number of benzene rings is 2. The largest absolute Gasteiger partial charge is 0.485 e. The van der Waals surface area contributed by atoms with Crippen molar-refractivity contribution >= 4 is 34.9 Å². The lowest BCUT2D eigenvalue weighted by Gasteiger charge is -2.37. The Morgan fingerprint density at radius 1 is 1.00 bits per heavy atom. The maximum atomic E-state index is 13.2. The van der Waals surface area contributed by atoms with Gasteiger partial charge in [-0.15, -0.1) is 0 Å². The van der Waals surface area contributed by atoms with Gasteiger partial charge in [-0.05, 0) is 72.9 Å². The van der Waals surface area contributed by atoms with Gasteiger partial charge in [0.25, 0.3) is 0 Å². The molecule has 32 heavy (non-hydrogen) atoms. The zero-order chi connectivity index (χ0) is 22.1. The molecule has 2 saturated carbocycles. The number of carbonyl (C=O) groups is 3. The second-order valence-corrected chi connectivity index (χ2v) is 9.71. The number of ether oxygens (including phenoxy) is 1. The molecule has 5 nitrogen and oxygen atoms in total. The Balaban J connectivity index is 1.17. The summed E-state index contributed by atoms with van der Waals surface area (Å²) in [5.41, 5.74) is 1.82. The van der Waals surface area contributed by atoms with Crippen LogP contribution in [0, 0.1) is 42.4 Å². The van der Waals surface area contributed by atoms with E-state index in [1.807, 2.05) is 13.0 Å². The quantitative estimate of drug-likeness (QED) is 0.385. The van der Waals surface area contributed by atoms with E-state index in [0.29, 0.717) is 33.9 Å². The molecule has 6 heteroatoms. The van der Waals surface area contributed by atoms with Crippen molar-refractivity contribution in [3.63, 3.8) is 0 Å². The van der Waals surface area contributed by atoms with Crippen LogP contribution in [0.15, 0.2) is 54.6 Å². The first-order chi connectivity index (χ1) is 15.5. The van der Waals surface area contributed by atoms with E-state index in [1.54, 1.807) is 36.4 Å². The van der Waals surface area contributed by atoms with E-state index in [1.165, 1.54) is 4.90 Å². The van der Waals surface area contributed by atoms with Gasteiger partial charge in [0.2, 0.25) is 17.6 Å². The topological polar surface area (TPSA) is 63.7 Å². The monoisotopic (exact) mass is 447 g/mol. The number of ketones is 1. The van der Waals surface area contributed by atoms with Gasteiger partial charge in [0.15, 0.2) is 6.61 Å².